The highest BCUT2D eigenvalue weighted by atomic mass is 32.2. The Kier molecular flexibility index (Phi) is 7.91. The van der Waals surface area contributed by atoms with Crippen molar-refractivity contribution < 1.29 is 22.7 Å². The number of hydrazone groups is 1. The first kappa shape index (κ1) is 24.8. The van der Waals surface area contributed by atoms with E-state index in [4.69, 9.17) is 9.47 Å². The molecule has 0 aliphatic rings. The van der Waals surface area contributed by atoms with Gasteiger partial charge in [-0.1, -0.05) is 48.0 Å². The van der Waals surface area contributed by atoms with E-state index in [1.165, 1.54) is 32.4 Å². The molecule has 0 spiro atoms. The predicted molar refractivity (Wildman–Crippen MR) is 132 cm³/mol. The van der Waals surface area contributed by atoms with Gasteiger partial charge in [-0.25, -0.2) is 13.8 Å². The number of nitrogens with zero attached hydrogens (tertiary/aromatic N) is 2. The average Bonchev–Trinajstić information content (AvgIpc) is 2.86. The number of benzene rings is 3. The maximum absolute atomic E-state index is 13.6. The van der Waals surface area contributed by atoms with Crippen LogP contribution in [0.4, 0.5) is 5.69 Å². The third-order valence-electron chi connectivity index (χ3n) is 5.09. The number of sulfonamides is 1. The van der Waals surface area contributed by atoms with Gasteiger partial charge in [-0.05, 0) is 43.7 Å². The second-order valence-corrected chi connectivity index (χ2v) is 9.32. The van der Waals surface area contributed by atoms with Crippen molar-refractivity contribution in [3.63, 3.8) is 0 Å². The summed E-state index contributed by atoms with van der Waals surface area (Å²) in [7, 11) is -1.23. The summed E-state index contributed by atoms with van der Waals surface area (Å²) in [6.07, 6.45) is 0. The van der Waals surface area contributed by atoms with Crippen LogP contribution in [-0.2, 0) is 14.8 Å². The summed E-state index contributed by atoms with van der Waals surface area (Å²) in [5.74, 6) is 0.0756. The Labute approximate surface area is 199 Å². The van der Waals surface area contributed by atoms with E-state index in [1.54, 1.807) is 31.2 Å². The first-order chi connectivity index (χ1) is 16.3. The molecule has 0 aromatic heterocycles. The van der Waals surface area contributed by atoms with Gasteiger partial charge in [0.2, 0.25) is 0 Å². The zero-order valence-corrected chi connectivity index (χ0v) is 20.3. The van der Waals surface area contributed by atoms with Crippen LogP contribution in [-0.4, -0.2) is 40.8 Å². The molecule has 0 unspecified atom stereocenters. The van der Waals surface area contributed by atoms with E-state index in [1.807, 2.05) is 37.3 Å². The highest BCUT2D eigenvalue weighted by Crippen LogP contribution is 2.32. The number of rotatable bonds is 9. The third kappa shape index (κ3) is 5.74. The summed E-state index contributed by atoms with van der Waals surface area (Å²) in [6, 6.07) is 20.5. The molecule has 1 amide bonds. The molecular weight excluding hydrogens is 454 g/mol. The quantitative estimate of drug-likeness (QED) is 0.371. The first-order valence-corrected chi connectivity index (χ1v) is 11.9. The summed E-state index contributed by atoms with van der Waals surface area (Å²) in [6.45, 7) is 3.18. The smallest absolute Gasteiger partial charge is 0.264 e. The monoisotopic (exact) mass is 481 g/mol. The number of anilines is 1. The van der Waals surface area contributed by atoms with Gasteiger partial charge in [0.1, 0.15) is 6.54 Å². The lowest BCUT2D eigenvalue weighted by Crippen LogP contribution is -2.39. The van der Waals surface area contributed by atoms with Gasteiger partial charge >= 0.3 is 0 Å². The van der Waals surface area contributed by atoms with Gasteiger partial charge in [0, 0.05) is 6.07 Å². The van der Waals surface area contributed by atoms with Crippen molar-refractivity contribution in [2.75, 3.05) is 25.1 Å². The van der Waals surface area contributed by atoms with Crippen LogP contribution in [0.5, 0.6) is 11.5 Å². The second-order valence-electron chi connectivity index (χ2n) is 7.46. The molecule has 0 saturated heterocycles. The minimum atomic E-state index is -4.12. The number of methoxy groups -OCH3 is 2. The Morgan fingerprint density at radius 1 is 0.941 bits per heavy atom. The largest absolute Gasteiger partial charge is 0.493 e. The number of hydrogen-bond acceptors (Lipinski definition) is 6. The van der Waals surface area contributed by atoms with Gasteiger partial charge in [0.05, 0.1) is 30.5 Å². The maximum Gasteiger partial charge on any atom is 0.264 e. The highest BCUT2D eigenvalue weighted by molar-refractivity contribution is 7.92. The molecular formula is C25H27N3O5S. The van der Waals surface area contributed by atoms with E-state index in [2.05, 4.69) is 10.5 Å². The molecule has 0 heterocycles. The van der Waals surface area contributed by atoms with E-state index in [0.717, 1.165) is 15.4 Å². The second kappa shape index (κ2) is 10.8. The molecule has 0 atom stereocenters. The maximum atomic E-state index is 13.6. The van der Waals surface area contributed by atoms with Crippen molar-refractivity contribution in [2.45, 2.75) is 18.7 Å². The number of aryl methyl sites for hydroxylation is 1. The number of carbonyl (C=O) groups excluding carboxylic acids is 1. The van der Waals surface area contributed by atoms with Crippen LogP contribution in [0.1, 0.15) is 18.1 Å². The molecule has 0 fully saturated rings. The fourth-order valence-corrected chi connectivity index (χ4v) is 4.62. The number of carbonyl (C=O) groups is 1. The van der Waals surface area contributed by atoms with Crippen LogP contribution in [0.2, 0.25) is 0 Å². The highest BCUT2D eigenvalue weighted by Gasteiger charge is 2.28. The Morgan fingerprint density at radius 3 is 2.21 bits per heavy atom. The number of ether oxygens (including phenoxy) is 2. The Bertz CT molecular complexity index is 1270. The SMILES string of the molecule is COc1ccc(S(=O)(=O)N(CC(=O)N/N=C(/C)c2ccccc2)c2ccc(C)cc2)cc1OC. The summed E-state index contributed by atoms with van der Waals surface area (Å²) in [4.78, 5) is 12.7. The van der Waals surface area contributed by atoms with E-state index >= 15 is 0 Å². The minimum absolute atomic E-state index is 0.0394. The molecule has 0 aliphatic carbocycles. The Balaban J connectivity index is 1.93. The van der Waals surface area contributed by atoms with Crippen LogP contribution in [0, 0.1) is 6.92 Å². The lowest BCUT2D eigenvalue weighted by Gasteiger charge is -2.24. The zero-order chi connectivity index (χ0) is 24.7. The van der Waals surface area contributed by atoms with Gasteiger partial charge < -0.3 is 9.47 Å². The van der Waals surface area contributed by atoms with Gasteiger partial charge in [-0.2, -0.15) is 5.10 Å². The molecule has 0 radical (unpaired) electrons. The third-order valence-corrected chi connectivity index (χ3v) is 6.86. The molecule has 34 heavy (non-hydrogen) atoms. The minimum Gasteiger partial charge on any atom is -0.493 e. The zero-order valence-electron chi connectivity index (χ0n) is 19.5. The van der Waals surface area contributed by atoms with Gasteiger partial charge in [-0.15, -0.1) is 0 Å². The number of hydrogen-bond donors (Lipinski definition) is 1. The van der Waals surface area contributed by atoms with Crippen molar-refractivity contribution in [1.82, 2.24) is 5.43 Å². The van der Waals surface area contributed by atoms with E-state index in [0.29, 0.717) is 17.1 Å². The van der Waals surface area contributed by atoms with Crippen molar-refractivity contribution in [2.24, 2.45) is 5.10 Å². The summed E-state index contributed by atoms with van der Waals surface area (Å²) in [5.41, 5.74) is 5.20. The summed E-state index contributed by atoms with van der Waals surface area (Å²) in [5, 5.41) is 4.12. The predicted octanol–water partition coefficient (Wildman–Crippen LogP) is 3.75. The average molecular weight is 482 g/mol. The van der Waals surface area contributed by atoms with Gasteiger partial charge in [0.25, 0.3) is 15.9 Å². The molecule has 3 rings (SSSR count). The molecule has 3 aromatic carbocycles. The standard InChI is InChI=1S/C25H27N3O5S/c1-18-10-12-21(13-11-18)28(17-25(29)27-26-19(2)20-8-6-5-7-9-20)34(30,31)22-14-15-23(32-3)24(16-22)33-4/h5-16H,17H2,1-4H3,(H,27,29)/b26-19-. The van der Waals surface area contributed by atoms with Crippen LogP contribution in [0.3, 0.4) is 0 Å². The topological polar surface area (TPSA) is 97.3 Å². The van der Waals surface area contributed by atoms with Gasteiger partial charge in [0.15, 0.2) is 11.5 Å². The van der Waals surface area contributed by atoms with E-state index < -0.39 is 22.5 Å². The molecule has 178 valence electrons. The first-order valence-electron chi connectivity index (χ1n) is 10.5. The van der Waals surface area contributed by atoms with Crippen LogP contribution < -0.4 is 19.2 Å². The van der Waals surface area contributed by atoms with Crippen LogP contribution >= 0.6 is 0 Å². The lowest BCUT2D eigenvalue weighted by molar-refractivity contribution is -0.119. The van der Waals surface area contributed by atoms with Crippen molar-refractivity contribution in [1.29, 1.82) is 0 Å². The molecule has 9 heteroatoms. The van der Waals surface area contributed by atoms with E-state index in [-0.39, 0.29) is 10.6 Å². The van der Waals surface area contributed by atoms with Gasteiger partial charge in [-0.3, -0.25) is 9.10 Å². The Morgan fingerprint density at radius 2 is 1.59 bits per heavy atom. The van der Waals surface area contributed by atoms with Crippen LogP contribution in [0.25, 0.3) is 0 Å². The summed E-state index contributed by atoms with van der Waals surface area (Å²) >= 11 is 0. The van der Waals surface area contributed by atoms with Crippen molar-refractivity contribution in [3.8, 4) is 11.5 Å². The van der Waals surface area contributed by atoms with Crippen molar-refractivity contribution in [3.05, 3.63) is 83.9 Å². The lowest BCUT2D eigenvalue weighted by atomic mass is 10.1. The van der Waals surface area contributed by atoms with E-state index in [9.17, 15) is 13.2 Å². The summed E-state index contributed by atoms with van der Waals surface area (Å²) < 4.78 is 38.7. The fraction of sp³-hybridized carbons (Fsp3) is 0.200. The molecule has 1 N–H and O–H groups in total. The van der Waals surface area contributed by atoms with Crippen LogP contribution in [0.15, 0.2) is 82.8 Å². The molecule has 0 bridgehead atoms. The Hall–Kier alpha value is -3.85. The normalized spacial score (nSPS) is 11.6. The van der Waals surface area contributed by atoms with Crippen molar-refractivity contribution >= 4 is 27.3 Å². The fourth-order valence-electron chi connectivity index (χ4n) is 3.19. The molecule has 8 nitrogen and oxygen atoms in total. The number of amides is 1. The molecule has 0 saturated carbocycles. The number of nitrogens with one attached hydrogen (secondary N) is 1. The molecule has 3 aromatic rings. The molecule has 0 aliphatic heterocycles.